The van der Waals surface area contributed by atoms with Gasteiger partial charge in [-0.25, -0.2) is 9.97 Å². The molecule has 5 nitrogen and oxygen atoms in total. The van der Waals surface area contributed by atoms with Crippen molar-refractivity contribution in [3.8, 4) is 0 Å². The van der Waals surface area contributed by atoms with Crippen LogP contribution in [-0.2, 0) is 0 Å². The number of unbranched alkanes of at least 4 members (excludes halogenated alkanes) is 2. The van der Waals surface area contributed by atoms with Gasteiger partial charge in [0, 0.05) is 0 Å². The summed E-state index contributed by atoms with van der Waals surface area (Å²) in [6.07, 6.45) is 6.39. The second kappa shape index (κ2) is 6.01. The molecule has 1 aromatic rings. The standard InChI is InChI=1S/C9H15N5/c1-2-3-4-5-13-14-8-6-11-7-12-9(8)10/h6-7H,2-5H2,1H3,(H2,10,11,12)/b14-13+. The minimum absolute atomic E-state index is 0.374. The molecule has 0 saturated heterocycles. The van der Waals surface area contributed by atoms with Gasteiger partial charge in [-0.15, -0.1) is 0 Å². The van der Waals surface area contributed by atoms with E-state index in [2.05, 4.69) is 27.1 Å². The van der Waals surface area contributed by atoms with E-state index >= 15 is 0 Å². The summed E-state index contributed by atoms with van der Waals surface area (Å²) in [6.45, 7) is 2.89. The Morgan fingerprint density at radius 1 is 1.43 bits per heavy atom. The van der Waals surface area contributed by atoms with Crippen molar-refractivity contribution in [1.82, 2.24) is 9.97 Å². The summed E-state index contributed by atoms with van der Waals surface area (Å²) in [5, 5.41) is 7.96. The number of aromatic nitrogens is 2. The van der Waals surface area contributed by atoms with Crippen LogP contribution < -0.4 is 5.73 Å². The van der Waals surface area contributed by atoms with Gasteiger partial charge >= 0.3 is 0 Å². The third kappa shape index (κ3) is 3.47. The molecule has 0 fully saturated rings. The average molecular weight is 193 g/mol. The molecule has 1 aromatic heterocycles. The van der Waals surface area contributed by atoms with Crippen LogP contribution in [0.5, 0.6) is 0 Å². The molecule has 0 amide bonds. The Balaban J connectivity index is 2.40. The largest absolute Gasteiger partial charge is 0.382 e. The summed E-state index contributed by atoms with van der Waals surface area (Å²) in [4.78, 5) is 7.62. The van der Waals surface area contributed by atoms with Crippen LogP contribution in [0.15, 0.2) is 22.8 Å². The van der Waals surface area contributed by atoms with Crippen molar-refractivity contribution < 1.29 is 0 Å². The second-order valence-corrected chi connectivity index (χ2v) is 2.97. The molecule has 2 N–H and O–H groups in total. The fourth-order valence-electron chi connectivity index (χ4n) is 0.967. The van der Waals surface area contributed by atoms with Gasteiger partial charge in [0.05, 0.1) is 12.7 Å². The SMILES string of the molecule is CCCCC/N=N/c1cncnc1N. The molecule has 0 unspecified atom stereocenters. The van der Waals surface area contributed by atoms with Crippen LogP contribution in [0.1, 0.15) is 26.2 Å². The van der Waals surface area contributed by atoms with E-state index in [1.54, 1.807) is 6.20 Å². The molecule has 0 radical (unpaired) electrons. The third-order valence-electron chi connectivity index (χ3n) is 1.76. The van der Waals surface area contributed by atoms with Crippen LogP contribution in [0.2, 0.25) is 0 Å². The van der Waals surface area contributed by atoms with Gasteiger partial charge in [0.25, 0.3) is 0 Å². The quantitative estimate of drug-likeness (QED) is 0.576. The summed E-state index contributed by atoms with van der Waals surface area (Å²) >= 11 is 0. The number of azo groups is 1. The fourth-order valence-corrected chi connectivity index (χ4v) is 0.967. The molecule has 0 spiro atoms. The Labute approximate surface area is 83.5 Å². The van der Waals surface area contributed by atoms with E-state index < -0.39 is 0 Å². The van der Waals surface area contributed by atoms with Crippen LogP contribution in [-0.4, -0.2) is 16.5 Å². The van der Waals surface area contributed by atoms with Gasteiger partial charge in [-0.2, -0.15) is 10.2 Å². The molecule has 76 valence electrons. The average Bonchev–Trinajstić information content (AvgIpc) is 2.20. The Bertz CT molecular complexity index is 297. The number of anilines is 1. The number of hydrogen-bond acceptors (Lipinski definition) is 5. The highest BCUT2D eigenvalue weighted by molar-refractivity contribution is 5.53. The lowest BCUT2D eigenvalue weighted by Crippen LogP contribution is -1.90. The molecule has 0 saturated carbocycles. The highest BCUT2D eigenvalue weighted by atomic mass is 15.1. The minimum Gasteiger partial charge on any atom is -0.382 e. The van der Waals surface area contributed by atoms with Gasteiger partial charge in [-0.3, -0.25) is 0 Å². The first kappa shape index (κ1) is 10.6. The number of nitrogens with two attached hydrogens (primary N) is 1. The minimum atomic E-state index is 0.374. The zero-order valence-electron chi connectivity index (χ0n) is 8.35. The number of nitrogen functional groups attached to an aromatic ring is 1. The zero-order chi connectivity index (χ0) is 10.2. The first-order chi connectivity index (χ1) is 6.84. The molecule has 1 heterocycles. The number of nitrogens with zero attached hydrogens (tertiary/aromatic N) is 4. The topological polar surface area (TPSA) is 76.5 Å². The van der Waals surface area contributed by atoms with Gasteiger partial charge in [0.2, 0.25) is 0 Å². The van der Waals surface area contributed by atoms with Gasteiger partial charge < -0.3 is 5.73 Å². The highest BCUT2D eigenvalue weighted by Crippen LogP contribution is 2.16. The maximum atomic E-state index is 5.56. The molecule has 0 bridgehead atoms. The van der Waals surface area contributed by atoms with E-state index in [1.807, 2.05) is 0 Å². The van der Waals surface area contributed by atoms with E-state index in [0.29, 0.717) is 11.5 Å². The van der Waals surface area contributed by atoms with Crippen LogP contribution in [0.3, 0.4) is 0 Å². The second-order valence-electron chi connectivity index (χ2n) is 2.97. The molecule has 0 aliphatic carbocycles. The predicted molar refractivity (Wildman–Crippen MR) is 55.4 cm³/mol. The lowest BCUT2D eigenvalue weighted by molar-refractivity contribution is 0.713. The Morgan fingerprint density at radius 2 is 2.29 bits per heavy atom. The van der Waals surface area contributed by atoms with Crippen LogP contribution in [0.4, 0.5) is 11.5 Å². The Morgan fingerprint density at radius 3 is 3.00 bits per heavy atom. The van der Waals surface area contributed by atoms with Crippen molar-refractivity contribution in [1.29, 1.82) is 0 Å². The zero-order valence-corrected chi connectivity index (χ0v) is 8.35. The predicted octanol–water partition coefficient (Wildman–Crippen LogP) is 2.33. The molecule has 5 heteroatoms. The van der Waals surface area contributed by atoms with E-state index in [0.717, 1.165) is 13.0 Å². The summed E-state index contributed by atoms with van der Waals surface area (Å²) in [6, 6.07) is 0. The Kier molecular flexibility index (Phi) is 4.54. The van der Waals surface area contributed by atoms with E-state index in [9.17, 15) is 0 Å². The molecule has 0 atom stereocenters. The highest BCUT2D eigenvalue weighted by Gasteiger charge is 1.95. The van der Waals surface area contributed by atoms with Crippen LogP contribution in [0.25, 0.3) is 0 Å². The maximum absolute atomic E-state index is 5.56. The van der Waals surface area contributed by atoms with Crippen molar-refractivity contribution in [2.45, 2.75) is 26.2 Å². The van der Waals surface area contributed by atoms with Crippen molar-refractivity contribution in [2.75, 3.05) is 12.3 Å². The third-order valence-corrected chi connectivity index (χ3v) is 1.76. The normalized spacial score (nSPS) is 10.9. The molecule has 0 aromatic carbocycles. The lowest BCUT2D eigenvalue weighted by atomic mass is 10.3. The maximum Gasteiger partial charge on any atom is 0.154 e. The van der Waals surface area contributed by atoms with Gasteiger partial charge in [0.15, 0.2) is 5.82 Å². The molecule has 14 heavy (non-hydrogen) atoms. The molecular formula is C9H15N5. The van der Waals surface area contributed by atoms with Gasteiger partial charge in [0.1, 0.15) is 12.0 Å². The lowest BCUT2D eigenvalue weighted by Gasteiger charge is -1.95. The summed E-state index contributed by atoms with van der Waals surface area (Å²) in [5.41, 5.74) is 6.10. The first-order valence-electron chi connectivity index (χ1n) is 4.77. The van der Waals surface area contributed by atoms with Crippen LogP contribution in [0, 0.1) is 0 Å². The summed E-state index contributed by atoms with van der Waals surface area (Å²) in [5.74, 6) is 0.374. The molecular weight excluding hydrogens is 178 g/mol. The molecule has 0 aliphatic heterocycles. The van der Waals surface area contributed by atoms with E-state index in [1.165, 1.54) is 19.2 Å². The van der Waals surface area contributed by atoms with Gasteiger partial charge in [-0.1, -0.05) is 19.8 Å². The van der Waals surface area contributed by atoms with Crippen molar-refractivity contribution in [3.63, 3.8) is 0 Å². The van der Waals surface area contributed by atoms with Crippen molar-refractivity contribution in [2.24, 2.45) is 10.2 Å². The molecule has 0 aliphatic rings. The summed E-state index contributed by atoms with van der Waals surface area (Å²) < 4.78 is 0. The molecule has 1 rings (SSSR count). The monoisotopic (exact) mass is 193 g/mol. The Hall–Kier alpha value is -1.52. The van der Waals surface area contributed by atoms with Crippen molar-refractivity contribution in [3.05, 3.63) is 12.5 Å². The number of hydrogen-bond donors (Lipinski definition) is 1. The summed E-state index contributed by atoms with van der Waals surface area (Å²) in [7, 11) is 0. The van der Waals surface area contributed by atoms with Crippen LogP contribution >= 0.6 is 0 Å². The van der Waals surface area contributed by atoms with Crippen molar-refractivity contribution >= 4 is 11.5 Å². The first-order valence-corrected chi connectivity index (χ1v) is 4.77. The van der Waals surface area contributed by atoms with E-state index in [-0.39, 0.29) is 0 Å². The van der Waals surface area contributed by atoms with Gasteiger partial charge in [-0.05, 0) is 6.42 Å². The number of rotatable bonds is 5. The smallest absolute Gasteiger partial charge is 0.154 e. The fraction of sp³-hybridized carbons (Fsp3) is 0.556. The van der Waals surface area contributed by atoms with E-state index in [4.69, 9.17) is 5.73 Å².